The molecule has 0 saturated heterocycles. The zero-order valence-corrected chi connectivity index (χ0v) is 11.5. The van der Waals surface area contributed by atoms with Gasteiger partial charge in [-0.1, -0.05) is 0 Å². The predicted octanol–water partition coefficient (Wildman–Crippen LogP) is 1.80. The first-order chi connectivity index (χ1) is 8.08. The summed E-state index contributed by atoms with van der Waals surface area (Å²) < 4.78 is 10.5. The molecular weight excluding hydrogens is 256 g/mol. The van der Waals surface area contributed by atoms with Gasteiger partial charge >= 0.3 is 0 Å². The molecule has 0 fully saturated rings. The van der Waals surface area contributed by atoms with Gasteiger partial charge in [0.1, 0.15) is 11.5 Å². The monoisotopic (exact) mass is 274 g/mol. The van der Waals surface area contributed by atoms with Crippen LogP contribution >= 0.6 is 12.4 Å². The van der Waals surface area contributed by atoms with Crippen molar-refractivity contribution in [2.45, 2.75) is 19.9 Å². The van der Waals surface area contributed by atoms with Crippen LogP contribution in [0.5, 0.6) is 11.5 Å². The Morgan fingerprint density at radius 2 is 2.17 bits per heavy atom. The number of carbonyl (C=O) groups is 1. The second-order valence-electron chi connectivity index (χ2n) is 3.57. The minimum atomic E-state index is -0.573. The molecular formula is C12H19ClN2O3. The van der Waals surface area contributed by atoms with Gasteiger partial charge in [-0.2, -0.15) is 0 Å². The van der Waals surface area contributed by atoms with Crippen LogP contribution in [0.15, 0.2) is 18.2 Å². The van der Waals surface area contributed by atoms with E-state index in [4.69, 9.17) is 15.2 Å². The molecule has 0 unspecified atom stereocenters. The Kier molecular flexibility index (Phi) is 7.16. The van der Waals surface area contributed by atoms with Crippen LogP contribution in [0.25, 0.3) is 0 Å². The molecule has 0 bridgehead atoms. The van der Waals surface area contributed by atoms with Crippen LogP contribution in [-0.4, -0.2) is 25.7 Å². The summed E-state index contributed by atoms with van der Waals surface area (Å²) in [6.07, 6.45) is 0. The molecule has 1 aromatic rings. The van der Waals surface area contributed by atoms with Gasteiger partial charge < -0.3 is 20.5 Å². The number of nitrogens with one attached hydrogen (secondary N) is 1. The Morgan fingerprint density at radius 3 is 2.67 bits per heavy atom. The largest absolute Gasteiger partial charge is 0.497 e. The standard InChI is InChI=1S/C12H18N2O3.ClH/c1-4-17-11-6-5-9(16-3)7-10(11)14-12(15)8(2)13;/h5-8H,4,13H2,1-3H3,(H,14,15);1H/t8-;/m0./s1. The van der Waals surface area contributed by atoms with Crippen molar-refractivity contribution in [2.24, 2.45) is 5.73 Å². The quantitative estimate of drug-likeness (QED) is 0.859. The van der Waals surface area contributed by atoms with E-state index in [1.165, 1.54) is 0 Å². The number of anilines is 1. The second-order valence-corrected chi connectivity index (χ2v) is 3.57. The van der Waals surface area contributed by atoms with E-state index in [1.54, 1.807) is 32.2 Å². The SMILES string of the molecule is CCOc1ccc(OC)cc1NC(=O)[C@H](C)N.Cl. The maximum Gasteiger partial charge on any atom is 0.241 e. The number of amides is 1. The van der Waals surface area contributed by atoms with E-state index in [0.29, 0.717) is 23.8 Å². The van der Waals surface area contributed by atoms with Crippen LogP contribution in [0.3, 0.4) is 0 Å². The zero-order chi connectivity index (χ0) is 12.8. The highest BCUT2D eigenvalue weighted by molar-refractivity contribution is 5.95. The van der Waals surface area contributed by atoms with E-state index >= 15 is 0 Å². The number of methoxy groups -OCH3 is 1. The topological polar surface area (TPSA) is 73.6 Å². The summed E-state index contributed by atoms with van der Waals surface area (Å²) in [5.74, 6) is 0.981. The Balaban J connectivity index is 0.00000289. The molecule has 1 atom stereocenters. The average Bonchev–Trinajstić information content (AvgIpc) is 2.31. The molecule has 1 amide bonds. The number of carbonyl (C=O) groups excluding carboxylic acids is 1. The molecule has 1 aromatic carbocycles. The molecule has 6 heteroatoms. The van der Waals surface area contributed by atoms with Crippen LogP contribution in [-0.2, 0) is 4.79 Å². The van der Waals surface area contributed by atoms with Crippen LogP contribution < -0.4 is 20.5 Å². The Morgan fingerprint density at radius 1 is 1.50 bits per heavy atom. The van der Waals surface area contributed by atoms with E-state index in [9.17, 15) is 4.79 Å². The van der Waals surface area contributed by atoms with Crippen LogP contribution in [0.2, 0.25) is 0 Å². The molecule has 1 rings (SSSR count). The van der Waals surface area contributed by atoms with Gasteiger partial charge in [-0.15, -0.1) is 12.4 Å². The fourth-order valence-corrected chi connectivity index (χ4v) is 1.26. The summed E-state index contributed by atoms with van der Waals surface area (Å²) in [4.78, 5) is 11.5. The van der Waals surface area contributed by atoms with Crippen molar-refractivity contribution in [3.05, 3.63) is 18.2 Å². The lowest BCUT2D eigenvalue weighted by molar-refractivity contribution is -0.117. The van der Waals surface area contributed by atoms with Gasteiger partial charge in [0.05, 0.1) is 25.4 Å². The van der Waals surface area contributed by atoms with Crippen molar-refractivity contribution >= 4 is 24.0 Å². The first-order valence-electron chi connectivity index (χ1n) is 5.45. The van der Waals surface area contributed by atoms with Gasteiger partial charge in [-0.3, -0.25) is 4.79 Å². The minimum absolute atomic E-state index is 0. The minimum Gasteiger partial charge on any atom is -0.497 e. The summed E-state index contributed by atoms with van der Waals surface area (Å²) in [6.45, 7) is 4.02. The average molecular weight is 275 g/mol. The third-order valence-electron chi connectivity index (χ3n) is 2.16. The lowest BCUT2D eigenvalue weighted by atomic mass is 10.2. The van der Waals surface area contributed by atoms with E-state index in [-0.39, 0.29) is 18.3 Å². The van der Waals surface area contributed by atoms with E-state index in [1.807, 2.05) is 6.92 Å². The van der Waals surface area contributed by atoms with E-state index in [2.05, 4.69) is 5.32 Å². The summed E-state index contributed by atoms with van der Waals surface area (Å²) in [5, 5.41) is 2.70. The molecule has 0 aromatic heterocycles. The van der Waals surface area contributed by atoms with Gasteiger partial charge in [0.15, 0.2) is 0 Å². The third-order valence-corrected chi connectivity index (χ3v) is 2.16. The number of hydrogen-bond acceptors (Lipinski definition) is 4. The van der Waals surface area contributed by atoms with Crippen LogP contribution in [0.4, 0.5) is 5.69 Å². The Bertz CT molecular complexity index is 397. The molecule has 0 aliphatic carbocycles. The fourth-order valence-electron chi connectivity index (χ4n) is 1.26. The van der Waals surface area contributed by atoms with Crippen LogP contribution in [0.1, 0.15) is 13.8 Å². The number of rotatable bonds is 5. The highest BCUT2D eigenvalue weighted by atomic mass is 35.5. The predicted molar refractivity (Wildman–Crippen MR) is 73.7 cm³/mol. The molecule has 0 saturated carbocycles. The van der Waals surface area contributed by atoms with Crippen molar-refractivity contribution in [3.63, 3.8) is 0 Å². The number of hydrogen-bond donors (Lipinski definition) is 2. The molecule has 102 valence electrons. The maximum absolute atomic E-state index is 11.5. The van der Waals surface area contributed by atoms with Gasteiger partial charge in [0.25, 0.3) is 0 Å². The molecule has 0 aliphatic heterocycles. The van der Waals surface area contributed by atoms with Gasteiger partial charge in [-0.25, -0.2) is 0 Å². The van der Waals surface area contributed by atoms with Gasteiger partial charge in [0, 0.05) is 6.07 Å². The van der Waals surface area contributed by atoms with Gasteiger partial charge in [0.2, 0.25) is 5.91 Å². The van der Waals surface area contributed by atoms with E-state index < -0.39 is 6.04 Å². The highest BCUT2D eigenvalue weighted by Crippen LogP contribution is 2.29. The smallest absolute Gasteiger partial charge is 0.241 e. The van der Waals surface area contributed by atoms with Gasteiger partial charge in [-0.05, 0) is 26.0 Å². The highest BCUT2D eigenvalue weighted by Gasteiger charge is 2.12. The number of halogens is 1. The molecule has 0 spiro atoms. The second kappa shape index (κ2) is 7.79. The van der Waals surface area contributed by atoms with E-state index in [0.717, 1.165) is 0 Å². The van der Waals surface area contributed by atoms with Crippen molar-refractivity contribution in [1.29, 1.82) is 0 Å². The van der Waals surface area contributed by atoms with Crippen molar-refractivity contribution in [2.75, 3.05) is 19.0 Å². The molecule has 0 aliphatic rings. The number of ether oxygens (including phenoxy) is 2. The molecule has 18 heavy (non-hydrogen) atoms. The molecule has 5 nitrogen and oxygen atoms in total. The summed E-state index contributed by atoms with van der Waals surface area (Å²) in [6, 6.07) is 4.65. The Hall–Kier alpha value is -1.46. The van der Waals surface area contributed by atoms with Crippen LogP contribution in [0, 0.1) is 0 Å². The molecule has 3 N–H and O–H groups in total. The first kappa shape index (κ1) is 16.5. The van der Waals surface area contributed by atoms with Crippen molar-refractivity contribution < 1.29 is 14.3 Å². The summed E-state index contributed by atoms with van der Waals surface area (Å²) >= 11 is 0. The zero-order valence-electron chi connectivity index (χ0n) is 10.7. The fraction of sp³-hybridized carbons (Fsp3) is 0.417. The molecule has 0 radical (unpaired) electrons. The van der Waals surface area contributed by atoms with Crippen molar-refractivity contribution in [1.82, 2.24) is 0 Å². The Labute approximate surface area is 113 Å². The summed E-state index contributed by atoms with van der Waals surface area (Å²) in [7, 11) is 1.56. The lowest BCUT2D eigenvalue weighted by Gasteiger charge is -2.14. The van der Waals surface area contributed by atoms with Crippen molar-refractivity contribution in [3.8, 4) is 11.5 Å². The lowest BCUT2D eigenvalue weighted by Crippen LogP contribution is -2.32. The molecule has 0 heterocycles. The summed E-state index contributed by atoms with van der Waals surface area (Å²) in [5.41, 5.74) is 6.06. The number of nitrogens with two attached hydrogens (primary N) is 1. The number of benzene rings is 1. The third kappa shape index (κ3) is 4.43. The first-order valence-corrected chi connectivity index (χ1v) is 5.45. The maximum atomic E-state index is 11.5. The normalized spacial score (nSPS) is 11.1.